The standard InChI is InChI=1S/C20H21N3O2S/c1-14-11-23(12-17(25-14)15-7-3-2-4-8-15)13-19(24)22-20-21-16-9-5-6-10-18(16)26-20/h2-10,14,17H,11-13H2,1H3,(H,21,22,24). The van der Waals surface area contributed by atoms with Crippen molar-refractivity contribution in [3.05, 3.63) is 60.2 Å². The van der Waals surface area contributed by atoms with Gasteiger partial charge in [-0.1, -0.05) is 53.8 Å². The minimum absolute atomic E-state index is 0.00444. The van der Waals surface area contributed by atoms with Crippen molar-refractivity contribution in [1.29, 1.82) is 0 Å². The summed E-state index contributed by atoms with van der Waals surface area (Å²) in [5.41, 5.74) is 2.06. The third-order valence-electron chi connectivity index (χ3n) is 4.41. The number of amides is 1. The molecule has 1 aliphatic heterocycles. The number of hydrogen-bond acceptors (Lipinski definition) is 5. The molecule has 1 aliphatic rings. The Labute approximate surface area is 156 Å². The topological polar surface area (TPSA) is 54.5 Å². The number of thiazole rings is 1. The SMILES string of the molecule is CC1CN(CC(=O)Nc2nc3ccccc3s2)CC(c2ccccc2)O1. The molecule has 0 saturated carbocycles. The lowest BCUT2D eigenvalue weighted by Gasteiger charge is -2.36. The van der Waals surface area contributed by atoms with Crippen LogP contribution in [0.4, 0.5) is 5.13 Å². The van der Waals surface area contributed by atoms with E-state index in [1.165, 1.54) is 11.3 Å². The van der Waals surface area contributed by atoms with E-state index in [2.05, 4.69) is 27.3 Å². The number of anilines is 1. The van der Waals surface area contributed by atoms with Gasteiger partial charge in [0, 0.05) is 13.1 Å². The smallest absolute Gasteiger partial charge is 0.240 e. The highest BCUT2D eigenvalue weighted by molar-refractivity contribution is 7.22. The van der Waals surface area contributed by atoms with Crippen molar-refractivity contribution >= 4 is 32.6 Å². The Hall–Kier alpha value is -2.28. The average Bonchev–Trinajstić information content (AvgIpc) is 3.04. The molecule has 134 valence electrons. The highest BCUT2D eigenvalue weighted by Crippen LogP contribution is 2.26. The molecule has 0 aliphatic carbocycles. The van der Waals surface area contributed by atoms with Crippen LogP contribution in [0.1, 0.15) is 18.6 Å². The zero-order chi connectivity index (χ0) is 17.9. The summed E-state index contributed by atoms with van der Waals surface area (Å²) in [4.78, 5) is 19.1. The predicted molar refractivity (Wildman–Crippen MR) is 104 cm³/mol. The minimum atomic E-state index is -0.0371. The number of carbonyl (C=O) groups is 1. The number of hydrogen-bond donors (Lipinski definition) is 1. The number of fused-ring (bicyclic) bond motifs is 1. The second-order valence-corrected chi connectivity index (χ2v) is 7.61. The first-order valence-corrected chi connectivity index (χ1v) is 9.57. The summed E-state index contributed by atoms with van der Waals surface area (Å²) in [6, 6.07) is 18.1. The zero-order valence-corrected chi connectivity index (χ0v) is 15.4. The molecule has 2 aromatic carbocycles. The number of aromatic nitrogens is 1. The molecule has 2 unspecified atom stereocenters. The molecule has 1 N–H and O–H groups in total. The molecule has 4 rings (SSSR count). The predicted octanol–water partition coefficient (Wildman–Crippen LogP) is 3.70. The van der Waals surface area contributed by atoms with Crippen LogP contribution in [0.5, 0.6) is 0 Å². The van der Waals surface area contributed by atoms with Gasteiger partial charge < -0.3 is 10.1 Å². The van der Waals surface area contributed by atoms with Gasteiger partial charge in [0.25, 0.3) is 0 Å². The fourth-order valence-electron chi connectivity index (χ4n) is 3.31. The van der Waals surface area contributed by atoms with Crippen molar-refractivity contribution in [3.63, 3.8) is 0 Å². The Morgan fingerprint density at radius 3 is 2.77 bits per heavy atom. The summed E-state index contributed by atoms with van der Waals surface area (Å²) in [5, 5.41) is 3.58. The van der Waals surface area contributed by atoms with Crippen LogP contribution in [-0.2, 0) is 9.53 Å². The average molecular weight is 367 g/mol. The van der Waals surface area contributed by atoms with Crippen LogP contribution in [0.3, 0.4) is 0 Å². The lowest BCUT2D eigenvalue weighted by molar-refractivity contribution is -0.122. The summed E-state index contributed by atoms with van der Waals surface area (Å²) >= 11 is 1.50. The van der Waals surface area contributed by atoms with E-state index in [9.17, 15) is 4.79 Å². The summed E-state index contributed by atoms with van der Waals surface area (Å²) in [6.07, 6.45) is 0.0828. The Balaban J connectivity index is 1.40. The number of ether oxygens (including phenoxy) is 1. The van der Waals surface area contributed by atoms with E-state index < -0.39 is 0 Å². The van der Waals surface area contributed by atoms with E-state index in [-0.39, 0.29) is 18.1 Å². The molecule has 1 aromatic heterocycles. The highest BCUT2D eigenvalue weighted by Gasteiger charge is 2.27. The van der Waals surface area contributed by atoms with E-state index in [0.717, 1.165) is 22.3 Å². The summed E-state index contributed by atoms with van der Waals surface area (Å²) < 4.78 is 7.13. The van der Waals surface area contributed by atoms with Crippen LogP contribution in [-0.4, -0.2) is 41.5 Å². The van der Waals surface area contributed by atoms with Crippen LogP contribution in [0.25, 0.3) is 10.2 Å². The van der Waals surface area contributed by atoms with Crippen molar-refractivity contribution in [2.24, 2.45) is 0 Å². The molecule has 1 amide bonds. The normalized spacial score (nSPS) is 21.0. The van der Waals surface area contributed by atoms with Crippen LogP contribution in [0.2, 0.25) is 0 Å². The minimum Gasteiger partial charge on any atom is -0.368 e. The van der Waals surface area contributed by atoms with E-state index >= 15 is 0 Å². The van der Waals surface area contributed by atoms with Crippen molar-refractivity contribution in [2.75, 3.05) is 25.0 Å². The maximum atomic E-state index is 12.5. The van der Waals surface area contributed by atoms with Crippen LogP contribution >= 0.6 is 11.3 Å². The van der Waals surface area contributed by atoms with Gasteiger partial charge >= 0.3 is 0 Å². The molecule has 0 bridgehead atoms. The first-order chi connectivity index (χ1) is 12.7. The van der Waals surface area contributed by atoms with Gasteiger partial charge in [0.1, 0.15) is 0 Å². The Bertz CT molecular complexity index is 863. The number of nitrogens with zero attached hydrogens (tertiary/aromatic N) is 2. The first kappa shape index (κ1) is 17.1. The number of benzene rings is 2. The number of para-hydroxylation sites is 1. The van der Waals surface area contributed by atoms with Gasteiger partial charge in [-0.3, -0.25) is 9.69 Å². The molecule has 5 nitrogen and oxygen atoms in total. The van der Waals surface area contributed by atoms with Gasteiger partial charge in [-0.2, -0.15) is 0 Å². The van der Waals surface area contributed by atoms with Gasteiger partial charge in [0.15, 0.2) is 5.13 Å². The van der Waals surface area contributed by atoms with Gasteiger partial charge in [-0.25, -0.2) is 4.98 Å². The lowest BCUT2D eigenvalue weighted by atomic mass is 10.1. The zero-order valence-electron chi connectivity index (χ0n) is 14.6. The molecule has 6 heteroatoms. The molecular weight excluding hydrogens is 346 g/mol. The van der Waals surface area contributed by atoms with Crippen LogP contribution in [0.15, 0.2) is 54.6 Å². The molecule has 2 heterocycles. The molecule has 1 saturated heterocycles. The summed E-state index contributed by atoms with van der Waals surface area (Å²) in [5.74, 6) is -0.0371. The molecule has 3 aromatic rings. The van der Waals surface area contributed by atoms with E-state index in [0.29, 0.717) is 18.2 Å². The maximum Gasteiger partial charge on any atom is 0.240 e. The van der Waals surface area contributed by atoms with Crippen molar-refractivity contribution in [1.82, 2.24) is 9.88 Å². The van der Waals surface area contributed by atoms with Crippen molar-refractivity contribution in [3.8, 4) is 0 Å². The van der Waals surface area contributed by atoms with Crippen molar-refractivity contribution < 1.29 is 9.53 Å². The number of carbonyl (C=O) groups excluding carboxylic acids is 1. The molecule has 0 radical (unpaired) electrons. The maximum absolute atomic E-state index is 12.5. The fraction of sp³-hybridized carbons (Fsp3) is 0.300. The number of morpholine rings is 1. The molecule has 2 atom stereocenters. The van der Waals surface area contributed by atoms with Gasteiger partial charge in [-0.15, -0.1) is 0 Å². The molecule has 26 heavy (non-hydrogen) atoms. The van der Waals surface area contributed by atoms with Gasteiger partial charge in [0.05, 0.1) is 29.0 Å². The molecule has 0 spiro atoms. The quantitative estimate of drug-likeness (QED) is 0.764. The third kappa shape index (κ3) is 3.93. The van der Waals surface area contributed by atoms with E-state index in [1.54, 1.807) is 0 Å². The number of nitrogens with one attached hydrogen (secondary N) is 1. The van der Waals surface area contributed by atoms with Crippen LogP contribution < -0.4 is 5.32 Å². The van der Waals surface area contributed by atoms with E-state index in [4.69, 9.17) is 4.74 Å². The second kappa shape index (κ2) is 7.53. The fourth-order valence-corrected chi connectivity index (χ4v) is 4.19. The third-order valence-corrected chi connectivity index (χ3v) is 5.37. The van der Waals surface area contributed by atoms with E-state index in [1.807, 2.05) is 49.4 Å². The Morgan fingerprint density at radius 1 is 1.19 bits per heavy atom. The second-order valence-electron chi connectivity index (χ2n) is 6.58. The summed E-state index contributed by atoms with van der Waals surface area (Å²) in [7, 11) is 0. The lowest BCUT2D eigenvalue weighted by Crippen LogP contribution is -2.46. The Morgan fingerprint density at radius 2 is 1.96 bits per heavy atom. The van der Waals surface area contributed by atoms with Gasteiger partial charge in [-0.05, 0) is 24.6 Å². The largest absolute Gasteiger partial charge is 0.368 e. The van der Waals surface area contributed by atoms with Gasteiger partial charge in [0.2, 0.25) is 5.91 Å². The van der Waals surface area contributed by atoms with Crippen LogP contribution in [0, 0.1) is 0 Å². The molecular formula is C20H21N3O2S. The number of rotatable bonds is 4. The monoisotopic (exact) mass is 367 g/mol. The highest BCUT2D eigenvalue weighted by atomic mass is 32.1. The molecule has 1 fully saturated rings. The Kier molecular flexibility index (Phi) is 4.97. The summed E-state index contributed by atoms with van der Waals surface area (Å²) in [6.45, 7) is 3.85. The first-order valence-electron chi connectivity index (χ1n) is 8.75. The van der Waals surface area contributed by atoms with Crippen molar-refractivity contribution in [2.45, 2.75) is 19.1 Å².